The second-order valence-electron chi connectivity index (χ2n) is 5.94. The average molecular weight is 376 g/mol. The lowest BCUT2D eigenvalue weighted by atomic mass is 10.2. The van der Waals surface area contributed by atoms with Gasteiger partial charge < -0.3 is 4.90 Å². The third-order valence-corrected chi connectivity index (χ3v) is 4.19. The molecule has 0 spiro atoms. The molecule has 0 aliphatic heterocycles. The van der Waals surface area contributed by atoms with Crippen molar-refractivity contribution in [3.05, 3.63) is 88.2 Å². The van der Waals surface area contributed by atoms with Crippen molar-refractivity contribution < 1.29 is 13.6 Å². The lowest BCUT2D eigenvalue weighted by Gasteiger charge is -2.17. The van der Waals surface area contributed by atoms with E-state index in [1.807, 2.05) is 36.5 Å². The number of hydrogen-bond acceptors (Lipinski definition) is 2. The van der Waals surface area contributed by atoms with Crippen LogP contribution < -0.4 is 0 Å². The highest BCUT2D eigenvalue weighted by Gasteiger charge is 2.19. The molecule has 1 heterocycles. The first-order valence-corrected chi connectivity index (χ1v) is 8.27. The van der Waals surface area contributed by atoms with Gasteiger partial charge in [0, 0.05) is 25.4 Å². The minimum absolute atomic E-state index is 0.0789. The van der Waals surface area contributed by atoms with E-state index in [1.165, 1.54) is 4.90 Å². The predicted octanol–water partition coefficient (Wildman–Crippen LogP) is 4.14. The largest absolute Gasteiger partial charge is 0.337 e. The summed E-state index contributed by atoms with van der Waals surface area (Å²) < 4.78 is 28.3. The molecule has 0 aliphatic rings. The number of nitrogens with zero attached hydrogens (tertiary/aromatic N) is 3. The quantitative estimate of drug-likeness (QED) is 0.629. The zero-order valence-electron chi connectivity index (χ0n) is 14.0. The Morgan fingerprint density at radius 2 is 1.85 bits per heavy atom. The minimum atomic E-state index is -1.11. The lowest BCUT2D eigenvalue weighted by Crippen LogP contribution is -2.26. The molecule has 3 aromatic rings. The van der Waals surface area contributed by atoms with Crippen molar-refractivity contribution in [1.82, 2.24) is 14.7 Å². The van der Waals surface area contributed by atoms with E-state index >= 15 is 0 Å². The third kappa shape index (κ3) is 4.08. The molecule has 0 N–H and O–H groups in total. The summed E-state index contributed by atoms with van der Waals surface area (Å²) in [6, 6.07) is 11.5. The number of amides is 1. The molecule has 134 valence electrons. The van der Waals surface area contributed by atoms with Crippen LogP contribution >= 0.6 is 11.6 Å². The van der Waals surface area contributed by atoms with E-state index < -0.39 is 17.5 Å². The highest BCUT2D eigenvalue weighted by molar-refractivity contribution is 6.33. The van der Waals surface area contributed by atoms with Crippen LogP contribution in [0.3, 0.4) is 0 Å². The molecule has 0 saturated carbocycles. The normalized spacial score (nSPS) is 10.8. The van der Waals surface area contributed by atoms with Crippen LogP contribution in [0.2, 0.25) is 5.02 Å². The van der Waals surface area contributed by atoms with Crippen molar-refractivity contribution in [2.24, 2.45) is 0 Å². The van der Waals surface area contributed by atoms with Gasteiger partial charge in [-0.3, -0.25) is 9.48 Å². The van der Waals surface area contributed by atoms with Crippen LogP contribution in [-0.2, 0) is 13.1 Å². The van der Waals surface area contributed by atoms with Crippen LogP contribution in [0.25, 0.3) is 0 Å². The number of carbonyl (C=O) groups is 1. The van der Waals surface area contributed by atoms with E-state index in [4.69, 9.17) is 11.6 Å². The maximum atomic E-state index is 13.4. The van der Waals surface area contributed by atoms with Crippen molar-refractivity contribution in [2.45, 2.75) is 13.1 Å². The first kappa shape index (κ1) is 18.1. The second-order valence-corrected chi connectivity index (χ2v) is 6.35. The van der Waals surface area contributed by atoms with Crippen LogP contribution in [0.5, 0.6) is 0 Å². The highest BCUT2D eigenvalue weighted by Crippen LogP contribution is 2.22. The molecule has 0 bridgehead atoms. The maximum Gasteiger partial charge on any atom is 0.255 e. The number of benzene rings is 2. The van der Waals surface area contributed by atoms with Crippen molar-refractivity contribution >= 4 is 17.5 Å². The van der Waals surface area contributed by atoms with Gasteiger partial charge in [0.25, 0.3) is 5.91 Å². The summed E-state index contributed by atoms with van der Waals surface area (Å²) in [4.78, 5) is 13.8. The van der Waals surface area contributed by atoms with Gasteiger partial charge in [0.15, 0.2) is 11.6 Å². The van der Waals surface area contributed by atoms with Crippen LogP contribution in [-0.4, -0.2) is 27.6 Å². The summed E-state index contributed by atoms with van der Waals surface area (Å²) >= 11 is 5.87. The Morgan fingerprint density at radius 1 is 1.15 bits per heavy atom. The number of aromatic nitrogens is 2. The van der Waals surface area contributed by atoms with E-state index in [2.05, 4.69) is 5.10 Å². The van der Waals surface area contributed by atoms with E-state index in [-0.39, 0.29) is 17.1 Å². The molecule has 4 nitrogen and oxygen atoms in total. The van der Waals surface area contributed by atoms with Crippen LogP contribution in [0.4, 0.5) is 8.78 Å². The van der Waals surface area contributed by atoms with Crippen LogP contribution in [0, 0.1) is 11.6 Å². The molecule has 1 aromatic heterocycles. The summed E-state index contributed by atoms with van der Waals surface area (Å²) in [5.41, 5.74) is 1.85. The van der Waals surface area contributed by atoms with Crippen molar-refractivity contribution in [3.63, 3.8) is 0 Å². The second kappa shape index (κ2) is 7.66. The zero-order chi connectivity index (χ0) is 18.7. The number of halogens is 3. The topological polar surface area (TPSA) is 38.1 Å². The first-order valence-electron chi connectivity index (χ1n) is 7.89. The summed E-state index contributed by atoms with van der Waals surface area (Å²) in [7, 11) is 1.56. The maximum absolute atomic E-state index is 13.4. The fourth-order valence-electron chi connectivity index (χ4n) is 2.58. The molecule has 1 amide bonds. The summed E-state index contributed by atoms with van der Waals surface area (Å²) in [6.45, 7) is 0.885. The molecule has 3 rings (SSSR count). The molecule has 26 heavy (non-hydrogen) atoms. The van der Waals surface area contributed by atoms with Crippen LogP contribution in [0.1, 0.15) is 21.5 Å². The Balaban J connectivity index is 1.69. The highest BCUT2D eigenvalue weighted by atomic mass is 35.5. The van der Waals surface area contributed by atoms with Gasteiger partial charge in [-0.2, -0.15) is 5.10 Å². The molecular formula is C19H16ClF2N3O. The Hall–Kier alpha value is -2.73. The van der Waals surface area contributed by atoms with Crippen molar-refractivity contribution in [3.8, 4) is 0 Å². The van der Waals surface area contributed by atoms with Gasteiger partial charge in [-0.15, -0.1) is 0 Å². The third-order valence-electron chi connectivity index (χ3n) is 3.88. The number of rotatable bonds is 5. The molecule has 0 aliphatic carbocycles. The van der Waals surface area contributed by atoms with Gasteiger partial charge in [-0.25, -0.2) is 8.78 Å². The Labute approximate surface area is 154 Å². The van der Waals surface area contributed by atoms with Gasteiger partial charge in [0.2, 0.25) is 0 Å². The summed E-state index contributed by atoms with van der Waals surface area (Å²) in [5.74, 6) is -2.69. The SMILES string of the molecule is CN(Cc1cnn(Cc2ccccc2)c1)C(=O)c1cc(F)c(F)cc1Cl. The minimum Gasteiger partial charge on any atom is -0.337 e. The predicted molar refractivity (Wildman–Crippen MR) is 94.9 cm³/mol. The number of carbonyl (C=O) groups excluding carboxylic acids is 1. The first-order chi connectivity index (χ1) is 12.4. The van der Waals surface area contributed by atoms with Gasteiger partial charge in [0.1, 0.15) is 0 Å². The molecule has 0 unspecified atom stereocenters. The Bertz CT molecular complexity index is 928. The van der Waals surface area contributed by atoms with E-state index in [1.54, 1.807) is 17.9 Å². The molecular weight excluding hydrogens is 360 g/mol. The van der Waals surface area contributed by atoms with Crippen molar-refractivity contribution in [2.75, 3.05) is 7.05 Å². The molecule has 0 fully saturated rings. The van der Waals surface area contributed by atoms with E-state index in [0.29, 0.717) is 6.54 Å². The van der Waals surface area contributed by atoms with E-state index in [0.717, 1.165) is 23.3 Å². The molecule has 7 heteroatoms. The molecule has 2 aromatic carbocycles. The molecule has 0 saturated heterocycles. The van der Waals surface area contributed by atoms with Crippen molar-refractivity contribution in [1.29, 1.82) is 0 Å². The van der Waals surface area contributed by atoms with Crippen LogP contribution in [0.15, 0.2) is 54.9 Å². The standard InChI is InChI=1S/C19H16ClF2N3O/c1-24(19(26)15-7-17(21)18(22)8-16(15)20)10-14-9-23-25(12-14)11-13-5-3-2-4-6-13/h2-9,12H,10-11H2,1H3. The monoisotopic (exact) mass is 375 g/mol. The summed E-state index contributed by atoms with van der Waals surface area (Å²) in [5, 5.41) is 4.16. The average Bonchev–Trinajstić information content (AvgIpc) is 3.05. The molecule has 0 radical (unpaired) electrons. The summed E-state index contributed by atoms with van der Waals surface area (Å²) in [6.07, 6.45) is 3.50. The lowest BCUT2D eigenvalue weighted by molar-refractivity contribution is 0.0784. The van der Waals surface area contributed by atoms with E-state index in [9.17, 15) is 13.6 Å². The number of hydrogen-bond donors (Lipinski definition) is 0. The fourth-order valence-corrected chi connectivity index (χ4v) is 2.81. The van der Waals surface area contributed by atoms with Gasteiger partial charge in [0.05, 0.1) is 23.3 Å². The van der Waals surface area contributed by atoms with Gasteiger partial charge in [-0.1, -0.05) is 41.9 Å². The molecule has 0 atom stereocenters. The smallest absolute Gasteiger partial charge is 0.255 e. The fraction of sp³-hybridized carbons (Fsp3) is 0.158. The van der Waals surface area contributed by atoms with Gasteiger partial charge in [-0.05, 0) is 17.7 Å². The van der Waals surface area contributed by atoms with Gasteiger partial charge >= 0.3 is 0 Å². The Kier molecular flexibility index (Phi) is 5.32. The Morgan fingerprint density at radius 3 is 2.58 bits per heavy atom. The zero-order valence-corrected chi connectivity index (χ0v) is 14.8.